The minimum atomic E-state index is 0.275. The van der Waals surface area contributed by atoms with E-state index in [4.69, 9.17) is 0 Å². The number of thiophene rings is 1. The van der Waals surface area contributed by atoms with Gasteiger partial charge in [-0.15, -0.1) is 11.3 Å². The third-order valence-electron chi connectivity index (χ3n) is 2.64. The minimum Gasteiger partial charge on any atom is -0.293 e. The first kappa shape index (κ1) is 10.8. The first-order valence-corrected chi connectivity index (χ1v) is 7.13. The van der Waals surface area contributed by atoms with Crippen LogP contribution in [0.25, 0.3) is 0 Å². The van der Waals surface area contributed by atoms with Crippen LogP contribution in [0.1, 0.15) is 35.4 Å². The highest BCUT2D eigenvalue weighted by molar-refractivity contribution is 9.13. The highest BCUT2D eigenvalue weighted by Crippen LogP contribution is 2.37. The van der Waals surface area contributed by atoms with E-state index in [2.05, 4.69) is 31.9 Å². The fourth-order valence-corrected chi connectivity index (χ4v) is 4.05. The predicted molar refractivity (Wildman–Crippen MR) is 66.0 cm³/mol. The van der Waals surface area contributed by atoms with Crippen LogP contribution >= 0.6 is 43.2 Å². The van der Waals surface area contributed by atoms with Crippen molar-refractivity contribution in [2.45, 2.75) is 25.7 Å². The molecule has 14 heavy (non-hydrogen) atoms. The highest BCUT2D eigenvalue weighted by atomic mass is 79.9. The zero-order chi connectivity index (χ0) is 10.1. The molecule has 1 aliphatic rings. The lowest BCUT2D eigenvalue weighted by Crippen LogP contribution is -2.09. The fourth-order valence-electron chi connectivity index (χ4n) is 1.86. The Bertz CT molecular complexity index is 353. The van der Waals surface area contributed by atoms with Gasteiger partial charge in [-0.2, -0.15) is 0 Å². The molecule has 0 spiro atoms. The summed E-state index contributed by atoms with van der Waals surface area (Å²) in [6.07, 6.45) is 4.56. The van der Waals surface area contributed by atoms with Gasteiger partial charge >= 0.3 is 0 Å². The summed E-state index contributed by atoms with van der Waals surface area (Å²) in [6, 6.07) is 0. The molecular weight excluding hydrogens is 328 g/mol. The first-order chi connectivity index (χ1) is 6.70. The molecule has 0 saturated heterocycles. The summed E-state index contributed by atoms with van der Waals surface area (Å²) in [5.41, 5.74) is 0. The molecule has 1 aromatic rings. The van der Waals surface area contributed by atoms with E-state index >= 15 is 0 Å². The van der Waals surface area contributed by atoms with Gasteiger partial charge in [-0.3, -0.25) is 4.79 Å². The number of rotatable bonds is 2. The van der Waals surface area contributed by atoms with Gasteiger partial charge in [0.25, 0.3) is 0 Å². The number of hydrogen-bond acceptors (Lipinski definition) is 2. The van der Waals surface area contributed by atoms with Crippen LogP contribution in [0.5, 0.6) is 0 Å². The Morgan fingerprint density at radius 3 is 2.50 bits per heavy atom. The second kappa shape index (κ2) is 4.45. The van der Waals surface area contributed by atoms with Gasteiger partial charge < -0.3 is 0 Å². The average molecular weight is 338 g/mol. The molecule has 1 aromatic heterocycles. The summed E-state index contributed by atoms with van der Waals surface area (Å²) in [5, 5.41) is 1.96. The molecular formula is C10H10Br2OS. The molecule has 0 N–H and O–H groups in total. The van der Waals surface area contributed by atoms with Crippen LogP contribution in [0.3, 0.4) is 0 Å². The van der Waals surface area contributed by atoms with Crippen molar-refractivity contribution in [1.29, 1.82) is 0 Å². The second-order valence-electron chi connectivity index (χ2n) is 3.57. The number of hydrogen-bond donors (Lipinski definition) is 0. The minimum absolute atomic E-state index is 0.275. The Morgan fingerprint density at radius 1 is 1.36 bits per heavy atom. The Kier molecular flexibility index (Phi) is 3.45. The zero-order valence-electron chi connectivity index (χ0n) is 7.56. The van der Waals surface area contributed by atoms with Gasteiger partial charge in [0, 0.05) is 15.8 Å². The summed E-state index contributed by atoms with van der Waals surface area (Å²) < 4.78 is 1.92. The summed E-state index contributed by atoms with van der Waals surface area (Å²) >= 11 is 8.37. The first-order valence-electron chi connectivity index (χ1n) is 4.67. The average Bonchev–Trinajstić information content (AvgIpc) is 2.77. The van der Waals surface area contributed by atoms with Crippen LogP contribution in [-0.2, 0) is 0 Å². The topological polar surface area (TPSA) is 17.1 Å². The maximum atomic E-state index is 12.0. The molecule has 0 radical (unpaired) electrons. The van der Waals surface area contributed by atoms with Gasteiger partial charge in [0.1, 0.15) is 0 Å². The van der Waals surface area contributed by atoms with E-state index in [1.165, 1.54) is 24.2 Å². The Morgan fingerprint density at radius 2 is 2.00 bits per heavy atom. The molecule has 2 rings (SSSR count). The SMILES string of the molecule is O=C(c1scc(Br)c1Br)C1CCCC1. The third-order valence-corrected chi connectivity index (χ3v) is 6.18. The van der Waals surface area contributed by atoms with Gasteiger partial charge in [-0.1, -0.05) is 12.8 Å². The van der Waals surface area contributed by atoms with E-state index in [9.17, 15) is 4.79 Å². The molecule has 4 heteroatoms. The molecule has 1 nitrogen and oxygen atoms in total. The van der Waals surface area contributed by atoms with E-state index in [0.717, 1.165) is 26.7 Å². The van der Waals surface area contributed by atoms with E-state index in [0.29, 0.717) is 5.78 Å². The van der Waals surface area contributed by atoms with Gasteiger partial charge in [-0.05, 0) is 44.7 Å². The van der Waals surface area contributed by atoms with Crippen molar-refractivity contribution in [3.05, 3.63) is 19.2 Å². The molecule has 76 valence electrons. The maximum absolute atomic E-state index is 12.0. The maximum Gasteiger partial charge on any atom is 0.177 e. The Balaban J connectivity index is 2.22. The van der Waals surface area contributed by atoms with Gasteiger partial charge in [0.2, 0.25) is 0 Å². The van der Waals surface area contributed by atoms with Gasteiger partial charge in [0.15, 0.2) is 5.78 Å². The molecule has 0 bridgehead atoms. The third kappa shape index (κ3) is 1.97. The fraction of sp³-hybridized carbons (Fsp3) is 0.500. The van der Waals surface area contributed by atoms with Crippen LogP contribution in [0.4, 0.5) is 0 Å². The molecule has 1 fully saturated rings. The summed E-state index contributed by atoms with van der Waals surface area (Å²) in [5.74, 6) is 0.599. The summed E-state index contributed by atoms with van der Waals surface area (Å²) in [7, 11) is 0. The highest BCUT2D eigenvalue weighted by Gasteiger charge is 2.26. The molecule has 0 amide bonds. The molecule has 1 saturated carbocycles. The molecule has 1 aliphatic carbocycles. The van der Waals surface area contributed by atoms with Crippen LogP contribution in [0.2, 0.25) is 0 Å². The zero-order valence-corrected chi connectivity index (χ0v) is 11.5. The smallest absolute Gasteiger partial charge is 0.177 e. The predicted octanol–water partition coefficient (Wildman–Crippen LogP) is 4.65. The normalized spacial score (nSPS) is 17.6. The number of carbonyl (C=O) groups is 1. The lowest BCUT2D eigenvalue weighted by Gasteiger charge is -2.05. The molecule has 0 unspecified atom stereocenters. The van der Waals surface area contributed by atoms with Gasteiger partial charge in [-0.25, -0.2) is 0 Å². The van der Waals surface area contributed by atoms with Crippen molar-refractivity contribution in [3.63, 3.8) is 0 Å². The summed E-state index contributed by atoms with van der Waals surface area (Å²) in [6.45, 7) is 0. The van der Waals surface area contributed by atoms with E-state index < -0.39 is 0 Å². The largest absolute Gasteiger partial charge is 0.293 e. The standard InChI is InChI=1S/C10H10Br2OS/c11-7-5-14-10(8(7)12)9(13)6-3-1-2-4-6/h5-6H,1-4H2. The van der Waals surface area contributed by atoms with Crippen LogP contribution < -0.4 is 0 Å². The quantitative estimate of drug-likeness (QED) is 0.718. The number of Topliss-reactive ketones (excluding diaryl/α,β-unsaturated/α-hetero) is 1. The van der Waals surface area contributed by atoms with E-state index in [-0.39, 0.29) is 5.92 Å². The van der Waals surface area contributed by atoms with Crippen molar-refractivity contribution in [1.82, 2.24) is 0 Å². The second-order valence-corrected chi connectivity index (χ2v) is 6.10. The van der Waals surface area contributed by atoms with Crippen molar-refractivity contribution in [2.75, 3.05) is 0 Å². The lowest BCUT2D eigenvalue weighted by atomic mass is 10.0. The number of carbonyl (C=O) groups excluding carboxylic acids is 1. The van der Waals surface area contributed by atoms with E-state index in [1.54, 1.807) is 0 Å². The van der Waals surface area contributed by atoms with Crippen LogP contribution in [0, 0.1) is 5.92 Å². The molecule has 0 aromatic carbocycles. The van der Waals surface area contributed by atoms with Crippen LogP contribution in [-0.4, -0.2) is 5.78 Å². The van der Waals surface area contributed by atoms with Crippen LogP contribution in [0.15, 0.2) is 14.3 Å². The monoisotopic (exact) mass is 336 g/mol. The molecule has 0 aliphatic heterocycles. The lowest BCUT2D eigenvalue weighted by molar-refractivity contribution is 0.0926. The molecule has 1 heterocycles. The Hall–Kier alpha value is 0.330. The van der Waals surface area contributed by atoms with E-state index in [1.807, 2.05) is 5.38 Å². The number of ketones is 1. The van der Waals surface area contributed by atoms with Crippen molar-refractivity contribution < 1.29 is 4.79 Å². The Labute approximate surface area is 104 Å². The van der Waals surface area contributed by atoms with Crippen molar-refractivity contribution in [3.8, 4) is 0 Å². The van der Waals surface area contributed by atoms with Crippen molar-refractivity contribution in [2.24, 2.45) is 5.92 Å². The van der Waals surface area contributed by atoms with Crippen molar-refractivity contribution >= 4 is 49.0 Å². The van der Waals surface area contributed by atoms with Gasteiger partial charge in [0.05, 0.1) is 9.35 Å². The number of halogens is 2. The molecule has 0 atom stereocenters. The summed E-state index contributed by atoms with van der Waals surface area (Å²) in [4.78, 5) is 12.9.